The van der Waals surface area contributed by atoms with Crippen molar-refractivity contribution < 1.29 is 9.53 Å². The van der Waals surface area contributed by atoms with Crippen molar-refractivity contribution in [3.05, 3.63) is 57.9 Å². The van der Waals surface area contributed by atoms with Crippen LogP contribution in [-0.2, 0) is 18.2 Å². The molecule has 0 bridgehead atoms. The first-order valence-electron chi connectivity index (χ1n) is 9.74. The van der Waals surface area contributed by atoms with Crippen LogP contribution in [0.1, 0.15) is 57.4 Å². The van der Waals surface area contributed by atoms with Crippen molar-refractivity contribution in [2.45, 2.75) is 39.2 Å². The SMILES string of the molecule is Cc1nn(C)c(C)c1[C@H]1OCC[C@@H]1CNC(=O)c1ccc2c(c1)CCC=C2. The number of aromatic nitrogens is 2. The van der Waals surface area contributed by atoms with Gasteiger partial charge in [0.25, 0.3) is 5.91 Å². The summed E-state index contributed by atoms with van der Waals surface area (Å²) in [6, 6.07) is 6.00. The van der Waals surface area contributed by atoms with E-state index in [1.807, 2.05) is 36.9 Å². The van der Waals surface area contributed by atoms with Gasteiger partial charge in [0.1, 0.15) is 0 Å². The molecule has 2 atom stereocenters. The third-order valence-corrected chi connectivity index (χ3v) is 5.87. The molecule has 2 heterocycles. The molecule has 1 aromatic heterocycles. The van der Waals surface area contributed by atoms with Crippen LogP contribution in [0.25, 0.3) is 6.08 Å². The van der Waals surface area contributed by atoms with E-state index < -0.39 is 0 Å². The summed E-state index contributed by atoms with van der Waals surface area (Å²) in [5.41, 5.74) is 6.56. The molecule has 5 nitrogen and oxygen atoms in total. The summed E-state index contributed by atoms with van der Waals surface area (Å²) in [5, 5.41) is 7.65. The summed E-state index contributed by atoms with van der Waals surface area (Å²) < 4.78 is 7.93. The lowest BCUT2D eigenvalue weighted by Crippen LogP contribution is -2.31. The van der Waals surface area contributed by atoms with Gasteiger partial charge >= 0.3 is 0 Å². The molecule has 5 heteroatoms. The van der Waals surface area contributed by atoms with Crippen molar-refractivity contribution in [2.24, 2.45) is 13.0 Å². The van der Waals surface area contributed by atoms with Gasteiger partial charge in [-0.05, 0) is 56.4 Å². The molecule has 1 aliphatic carbocycles. The largest absolute Gasteiger partial charge is 0.373 e. The van der Waals surface area contributed by atoms with E-state index in [9.17, 15) is 4.79 Å². The van der Waals surface area contributed by atoms with Gasteiger partial charge in [-0.15, -0.1) is 0 Å². The van der Waals surface area contributed by atoms with Gasteiger partial charge in [-0.3, -0.25) is 9.48 Å². The maximum atomic E-state index is 12.7. The van der Waals surface area contributed by atoms with Crippen LogP contribution >= 0.6 is 0 Å². The molecule has 0 saturated carbocycles. The highest BCUT2D eigenvalue weighted by Gasteiger charge is 2.33. The van der Waals surface area contributed by atoms with Crippen molar-refractivity contribution in [1.82, 2.24) is 15.1 Å². The monoisotopic (exact) mass is 365 g/mol. The number of nitrogens with zero attached hydrogens (tertiary/aromatic N) is 2. The van der Waals surface area contributed by atoms with Gasteiger partial charge < -0.3 is 10.1 Å². The maximum absolute atomic E-state index is 12.7. The Morgan fingerprint density at radius 2 is 2.22 bits per heavy atom. The first-order valence-corrected chi connectivity index (χ1v) is 9.74. The second-order valence-electron chi connectivity index (χ2n) is 7.61. The van der Waals surface area contributed by atoms with Gasteiger partial charge in [0.05, 0.1) is 11.8 Å². The Kier molecular flexibility index (Phi) is 4.87. The van der Waals surface area contributed by atoms with Crippen LogP contribution in [0.15, 0.2) is 24.3 Å². The molecule has 1 fully saturated rings. The minimum Gasteiger partial charge on any atom is -0.373 e. The number of carbonyl (C=O) groups is 1. The van der Waals surface area contributed by atoms with Gasteiger partial charge in [-0.1, -0.05) is 18.2 Å². The van der Waals surface area contributed by atoms with Crippen LogP contribution in [-0.4, -0.2) is 28.8 Å². The van der Waals surface area contributed by atoms with Crippen LogP contribution in [0.5, 0.6) is 0 Å². The first kappa shape index (κ1) is 18.0. The topological polar surface area (TPSA) is 56.1 Å². The standard InChI is InChI=1S/C22H27N3O2/c1-14-20(15(2)25(3)24-14)21-19(10-11-27-21)13-23-22(26)18-9-8-16-6-4-5-7-17(16)12-18/h4,6,8-9,12,19,21H,5,7,10-11,13H2,1-3H3,(H,23,26)/t19-,21+/m1/s1. The van der Waals surface area contributed by atoms with Crippen LogP contribution in [0, 0.1) is 19.8 Å². The third-order valence-electron chi connectivity index (χ3n) is 5.87. The zero-order chi connectivity index (χ0) is 19.0. The average Bonchev–Trinajstić information content (AvgIpc) is 3.23. The zero-order valence-electron chi connectivity index (χ0n) is 16.3. The molecular formula is C22H27N3O2. The fourth-order valence-electron chi connectivity index (χ4n) is 4.26. The van der Waals surface area contributed by atoms with E-state index in [4.69, 9.17) is 4.74 Å². The van der Waals surface area contributed by atoms with Crippen molar-refractivity contribution in [3.63, 3.8) is 0 Å². The number of carbonyl (C=O) groups excluding carboxylic acids is 1. The van der Waals surface area contributed by atoms with Gasteiger partial charge in [-0.25, -0.2) is 0 Å². The Hall–Kier alpha value is -2.40. The number of rotatable bonds is 4. The number of aryl methyl sites for hydroxylation is 3. The predicted octanol–water partition coefficient (Wildman–Crippen LogP) is 3.50. The Balaban J connectivity index is 1.45. The molecule has 1 aliphatic heterocycles. The average molecular weight is 365 g/mol. The molecular weight excluding hydrogens is 338 g/mol. The van der Waals surface area contributed by atoms with E-state index >= 15 is 0 Å². The summed E-state index contributed by atoms with van der Waals surface area (Å²) in [6.07, 6.45) is 7.33. The lowest BCUT2D eigenvalue weighted by molar-refractivity contribution is 0.0840. The molecule has 1 saturated heterocycles. The van der Waals surface area contributed by atoms with Gasteiger partial charge in [0.2, 0.25) is 0 Å². The molecule has 1 amide bonds. The van der Waals surface area contributed by atoms with Crippen molar-refractivity contribution in [3.8, 4) is 0 Å². The number of benzene rings is 1. The number of ether oxygens (including phenoxy) is 1. The molecule has 27 heavy (non-hydrogen) atoms. The fraction of sp³-hybridized carbons (Fsp3) is 0.455. The Bertz CT molecular complexity index is 897. The molecule has 142 valence electrons. The molecule has 0 unspecified atom stereocenters. The zero-order valence-corrected chi connectivity index (χ0v) is 16.3. The van der Waals surface area contributed by atoms with E-state index in [0.717, 1.165) is 42.8 Å². The molecule has 0 radical (unpaired) electrons. The van der Waals surface area contributed by atoms with E-state index in [-0.39, 0.29) is 17.9 Å². The number of hydrogen-bond donors (Lipinski definition) is 1. The number of nitrogens with one attached hydrogen (secondary N) is 1. The van der Waals surface area contributed by atoms with Crippen molar-refractivity contribution in [2.75, 3.05) is 13.2 Å². The number of fused-ring (bicyclic) bond motifs is 1. The van der Waals surface area contributed by atoms with E-state index in [2.05, 4.69) is 29.5 Å². The first-order chi connectivity index (χ1) is 13.0. The van der Waals surface area contributed by atoms with E-state index in [0.29, 0.717) is 6.54 Å². The highest BCUT2D eigenvalue weighted by atomic mass is 16.5. The summed E-state index contributed by atoms with van der Waals surface area (Å²) in [6.45, 7) is 5.45. The fourth-order valence-corrected chi connectivity index (χ4v) is 4.26. The van der Waals surface area contributed by atoms with Crippen LogP contribution in [0.4, 0.5) is 0 Å². The smallest absolute Gasteiger partial charge is 0.251 e. The van der Waals surface area contributed by atoms with Crippen molar-refractivity contribution >= 4 is 12.0 Å². The van der Waals surface area contributed by atoms with Gasteiger partial charge in [0.15, 0.2) is 0 Å². The highest BCUT2D eigenvalue weighted by Crippen LogP contribution is 2.37. The Labute approximate surface area is 160 Å². The van der Waals surface area contributed by atoms with Crippen molar-refractivity contribution in [1.29, 1.82) is 0 Å². The maximum Gasteiger partial charge on any atom is 0.251 e. The third kappa shape index (κ3) is 3.44. The van der Waals surface area contributed by atoms with E-state index in [1.165, 1.54) is 16.7 Å². The van der Waals surface area contributed by atoms with Crippen LogP contribution in [0.3, 0.4) is 0 Å². The lowest BCUT2D eigenvalue weighted by atomic mass is 9.93. The molecule has 0 spiro atoms. The lowest BCUT2D eigenvalue weighted by Gasteiger charge is -2.20. The second-order valence-corrected chi connectivity index (χ2v) is 7.61. The quantitative estimate of drug-likeness (QED) is 0.902. The normalized spacial score (nSPS) is 21.3. The molecule has 4 rings (SSSR count). The van der Waals surface area contributed by atoms with Gasteiger partial charge in [-0.2, -0.15) is 5.10 Å². The van der Waals surface area contributed by atoms with Gasteiger partial charge in [0, 0.05) is 42.9 Å². The summed E-state index contributed by atoms with van der Waals surface area (Å²) in [7, 11) is 1.96. The number of amides is 1. The highest BCUT2D eigenvalue weighted by molar-refractivity contribution is 5.94. The molecule has 2 aromatic rings. The second kappa shape index (κ2) is 7.31. The number of allylic oxidation sites excluding steroid dienone is 1. The van der Waals surface area contributed by atoms with E-state index in [1.54, 1.807) is 0 Å². The summed E-state index contributed by atoms with van der Waals surface area (Å²) in [5.74, 6) is 0.272. The molecule has 1 aromatic carbocycles. The van der Waals surface area contributed by atoms with Crippen LogP contribution < -0.4 is 5.32 Å². The van der Waals surface area contributed by atoms with Crippen LogP contribution in [0.2, 0.25) is 0 Å². The predicted molar refractivity (Wildman–Crippen MR) is 106 cm³/mol. The minimum atomic E-state index is -0.00219. The minimum absolute atomic E-state index is 0.00219. The Morgan fingerprint density at radius 3 is 3.00 bits per heavy atom. The molecule has 2 aliphatic rings. The molecule has 1 N–H and O–H groups in total. The Morgan fingerprint density at radius 1 is 1.37 bits per heavy atom. The summed E-state index contributed by atoms with van der Waals surface area (Å²) in [4.78, 5) is 12.7. The summed E-state index contributed by atoms with van der Waals surface area (Å²) >= 11 is 0. The number of hydrogen-bond acceptors (Lipinski definition) is 3.